The summed E-state index contributed by atoms with van der Waals surface area (Å²) in [4.78, 5) is 11.8. The zero-order valence-electron chi connectivity index (χ0n) is 11.1. The number of aryl methyl sites for hydroxylation is 1. The van der Waals surface area contributed by atoms with Gasteiger partial charge in [-0.25, -0.2) is 0 Å². The number of rotatable bonds is 4. The molecule has 2 aromatic rings. The van der Waals surface area contributed by atoms with Crippen molar-refractivity contribution in [3.05, 3.63) is 57.0 Å². The van der Waals surface area contributed by atoms with Crippen LogP contribution in [0.5, 0.6) is 5.75 Å². The van der Waals surface area contributed by atoms with E-state index < -0.39 is 0 Å². The maximum atomic E-state index is 11.8. The second kappa shape index (κ2) is 7.03. The molecule has 3 nitrogen and oxygen atoms in total. The zero-order chi connectivity index (χ0) is 15.4. The van der Waals surface area contributed by atoms with E-state index in [1.54, 1.807) is 30.3 Å². The molecule has 2 aromatic carbocycles. The Morgan fingerprint density at radius 2 is 1.86 bits per heavy atom. The first-order chi connectivity index (χ1) is 9.95. The van der Waals surface area contributed by atoms with Gasteiger partial charge >= 0.3 is 0 Å². The highest BCUT2D eigenvalue weighted by Crippen LogP contribution is 2.27. The predicted octanol–water partition coefficient (Wildman–Crippen LogP) is 4.97. The minimum atomic E-state index is -0.327. The Hall–Kier alpha value is -1.42. The van der Waals surface area contributed by atoms with Crippen LogP contribution in [0.25, 0.3) is 0 Å². The van der Waals surface area contributed by atoms with Crippen molar-refractivity contribution in [1.29, 1.82) is 0 Å². The monoisotopic (exact) mass is 343 g/mol. The van der Waals surface area contributed by atoms with Gasteiger partial charge in [0, 0.05) is 5.02 Å². The van der Waals surface area contributed by atoms with E-state index in [-0.39, 0.29) is 12.5 Å². The van der Waals surface area contributed by atoms with Crippen molar-refractivity contribution in [1.82, 2.24) is 0 Å². The Labute approximate surface area is 137 Å². The average Bonchev–Trinajstić information content (AvgIpc) is 2.41. The molecule has 21 heavy (non-hydrogen) atoms. The van der Waals surface area contributed by atoms with Gasteiger partial charge in [0.05, 0.1) is 15.7 Å². The van der Waals surface area contributed by atoms with Gasteiger partial charge in [0.25, 0.3) is 5.91 Å². The third kappa shape index (κ3) is 4.53. The smallest absolute Gasteiger partial charge is 0.262 e. The molecule has 0 aliphatic rings. The maximum Gasteiger partial charge on any atom is 0.262 e. The topological polar surface area (TPSA) is 38.3 Å². The normalized spacial score (nSPS) is 10.3. The molecule has 0 aliphatic carbocycles. The highest BCUT2D eigenvalue weighted by molar-refractivity contribution is 6.35. The van der Waals surface area contributed by atoms with Crippen molar-refractivity contribution in [2.24, 2.45) is 0 Å². The molecule has 0 heterocycles. The summed E-state index contributed by atoms with van der Waals surface area (Å²) >= 11 is 17.8. The number of benzene rings is 2. The van der Waals surface area contributed by atoms with Crippen LogP contribution < -0.4 is 10.1 Å². The van der Waals surface area contributed by atoms with Crippen molar-refractivity contribution in [3.63, 3.8) is 0 Å². The van der Waals surface area contributed by atoms with Crippen molar-refractivity contribution in [2.75, 3.05) is 11.9 Å². The molecule has 0 saturated heterocycles. The van der Waals surface area contributed by atoms with Gasteiger partial charge in [0.1, 0.15) is 5.75 Å². The summed E-state index contributed by atoms with van der Waals surface area (Å²) < 4.78 is 5.34. The Morgan fingerprint density at radius 1 is 1.10 bits per heavy atom. The minimum absolute atomic E-state index is 0.175. The second-order valence-electron chi connectivity index (χ2n) is 4.39. The first-order valence-corrected chi connectivity index (χ1v) is 7.23. The highest BCUT2D eigenvalue weighted by atomic mass is 35.5. The van der Waals surface area contributed by atoms with Crippen LogP contribution in [-0.4, -0.2) is 12.5 Å². The minimum Gasteiger partial charge on any atom is -0.482 e. The Bertz CT molecular complexity index is 674. The van der Waals surface area contributed by atoms with E-state index in [1.165, 1.54) is 0 Å². The van der Waals surface area contributed by atoms with Crippen LogP contribution >= 0.6 is 34.8 Å². The number of ether oxygens (including phenoxy) is 1. The third-order valence-corrected chi connectivity index (χ3v) is 3.49. The summed E-state index contributed by atoms with van der Waals surface area (Å²) in [6.45, 7) is 1.74. The van der Waals surface area contributed by atoms with Crippen LogP contribution in [0.15, 0.2) is 36.4 Å². The van der Waals surface area contributed by atoms with Crippen LogP contribution in [0.1, 0.15) is 5.56 Å². The molecule has 2 rings (SSSR count). The molecule has 0 spiro atoms. The molecule has 110 valence electrons. The van der Waals surface area contributed by atoms with Crippen LogP contribution in [0.4, 0.5) is 5.69 Å². The van der Waals surface area contributed by atoms with Gasteiger partial charge in [0.2, 0.25) is 0 Å². The number of carbonyl (C=O) groups is 1. The Kier molecular flexibility index (Phi) is 5.34. The number of halogens is 3. The highest BCUT2D eigenvalue weighted by Gasteiger charge is 2.09. The van der Waals surface area contributed by atoms with Crippen molar-refractivity contribution in [3.8, 4) is 5.75 Å². The number of amides is 1. The number of carbonyl (C=O) groups excluding carboxylic acids is 1. The molecule has 1 N–H and O–H groups in total. The molecule has 0 atom stereocenters. The van der Waals surface area contributed by atoms with E-state index in [2.05, 4.69) is 5.32 Å². The lowest BCUT2D eigenvalue weighted by Crippen LogP contribution is -2.20. The molecule has 0 bridgehead atoms. The summed E-state index contributed by atoms with van der Waals surface area (Å²) in [6.07, 6.45) is 0. The summed E-state index contributed by atoms with van der Waals surface area (Å²) in [5.74, 6) is 0.0676. The lowest BCUT2D eigenvalue weighted by atomic mass is 10.2. The number of nitrogens with one attached hydrogen (secondary N) is 1. The van der Waals surface area contributed by atoms with Crippen molar-refractivity contribution in [2.45, 2.75) is 6.92 Å². The standard InChI is InChI=1S/C15H12Cl3NO2/c1-9-2-4-13(11(17)6-9)19-15(20)8-21-14-5-3-10(16)7-12(14)18/h2-7H,8H2,1H3,(H,19,20). The van der Waals surface area contributed by atoms with Gasteiger partial charge in [-0.1, -0.05) is 40.9 Å². The molecule has 0 aromatic heterocycles. The van der Waals surface area contributed by atoms with E-state index in [0.29, 0.717) is 26.5 Å². The molecule has 6 heteroatoms. The molecule has 0 saturated carbocycles. The summed E-state index contributed by atoms with van der Waals surface area (Å²) in [7, 11) is 0. The Balaban J connectivity index is 1.96. The van der Waals surface area contributed by atoms with E-state index in [9.17, 15) is 4.79 Å². The van der Waals surface area contributed by atoms with Crippen LogP contribution in [0.3, 0.4) is 0 Å². The first-order valence-electron chi connectivity index (χ1n) is 6.09. The largest absolute Gasteiger partial charge is 0.482 e. The van der Waals surface area contributed by atoms with Crippen molar-refractivity contribution < 1.29 is 9.53 Å². The summed E-state index contributed by atoms with van der Waals surface area (Å²) in [5, 5.41) is 4.01. The van der Waals surface area contributed by atoms with E-state index >= 15 is 0 Å². The predicted molar refractivity (Wildman–Crippen MR) is 86.8 cm³/mol. The van der Waals surface area contributed by atoms with E-state index in [4.69, 9.17) is 39.5 Å². The fourth-order valence-electron chi connectivity index (χ4n) is 1.64. The van der Waals surface area contributed by atoms with Gasteiger partial charge in [-0.05, 0) is 42.8 Å². The zero-order valence-corrected chi connectivity index (χ0v) is 13.4. The molecule has 1 amide bonds. The van der Waals surface area contributed by atoms with Gasteiger partial charge < -0.3 is 10.1 Å². The molecule has 0 radical (unpaired) electrons. The van der Waals surface area contributed by atoms with Crippen LogP contribution in [0.2, 0.25) is 15.1 Å². The van der Waals surface area contributed by atoms with E-state index in [1.807, 2.05) is 13.0 Å². The third-order valence-electron chi connectivity index (χ3n) is 2.65. The van der Waals surface area contributed by atoms with Gasteiger partial charge in [-0.15, -0.1) is 0 Å². The lowest BCUT2D eigenvalue weighted by molar-refractivity contribution is -0.118. The molecular weight excluding hydrogens is 333 g/mol. The molecule has 0 fully saturated rings. The lowest BCUT2D eigenvalue weighted by Gasteiger charge is -2.10. The molecule has 0 aliphatic heterocycles. The van der Waals surface area contributed by atoms with E-state index in [0.717, 1.165) is 5.56 Å². The SMILES string of the molecule is Cc1ccc(NC(=O)COc2ccc(Cl)cc2Cl)c(Cl)c1. The van der Waals surface area contributed by atoms with Gasteiger partial charge in [-0.3, -0.25) is 4.79 Å². The number of hydrogen-bond donors (Lipinski definition) is 1. The second-order valence-corrected chi connectivity index (χ2v) is 5.65. The van der Waals surface area contributed by atoms with Gasteiger partial charge in [-0.2, -0.15) is 0 Å². The first kappa shape index (κ1) is 16.0. The Morgan fingerprint density at radius 3 is 2.52 bits per heavy atom. The van der Waals surface area contributed by atoms with Crippen LogP contribution in [0, 0.1) is 6.92 Å². The fourth-order valence-corrected chi connectivity index (χ4v) is 2.39. The maximum absolute atomic E-state index is 11.8. The summed E-state index contributed by atoms with van der Waals surface area (Å²) in [6, 6.07) is 10.2. The van der Waals surface area contributed by atoms with Crippen LogP contribution in [-0.2, 0) is 4.79 Å². The molecular formula is C15H12Cl3NO2. The number of anilines is 1. The van der Waals surface area contributed by atoms with Gasteiger partial charge in [0.15, 0.2) is 6.61 Å². The molecule has 0 unspecified atom stereocenters. The summed E-state index contributed by atoms with van der Waals surface area (Å²) in [5.41, 5.74) is 1.56. The average molecular weight is 345 g/mol. The fraction of sp³-hybridized carbons (Fsp3) is 0.133. The number of hydrogen-bond acceptors (Lipinski definition) is 2. The quantitative estimate of drug-likeness (QED) is 0.850. The van der Waals surface area contributed by atoms with Crippen molar-refractivity contribution >= 4 is 46.4 Å².